The predicted molar refractivity (Wildman–Crippen MR) is 54.4 cm³/mol. The molecule has 0 fully saturated rings. The fraction of sp³-hybridized carbons (Fsp3) is 0.0909. The van der Waals surface area contributed by atoms with Gasteiger partial charge >= 0.3 is 0 Å². The third kappa shape index (κ3) is 1.90. The minimum absolute atomic E-state index is 0.0138. The van der Waals surface area contributed by atoms with Crippen LogP contribution in [0, 0.1) is 11.6 Å². The monoisotopic (exact) mass is 221 g/mol. The molecule has 0 aliphatic heterocycles. The average Bonchev–Trinajstić information content (AvgIpc) is 2.29. The summed E-state index contributed by atoms with van der Waals surface area (Å²) in [5.41, 5.74) is 5.69. The second-order valence-corrected chi connectivity index (χ2v) is 3.22. The molecule has 0 unspecified atom stereocenters. The van der Waals surface area contributed by atoms with Crippen LogP contribution in [-0.4, -0.2) is 9.97 Å². The lowest BCUT2D eigenvalue weighted by Crippen LogP contribution is -2.18. The van der Waals surface area contributed by atoms with Gasteiger partial charge in [-0.3, -0.25) is 9.97 Å². The van der Waals surface area contributed by atoms with Crippen molar-refractivity contribution in [2.75, 3.05) is 0 Å². The van der Waals surface area contributed by atoms with E-state index in [-0.39, 0.29) is 11.4 Å². The van der Waals surface area contributed by atoms with Crippen LogP contribution in [0.1, 0.15) is 17.4 Å². The Morgan fingerprint density at radius 3 is 1.75 bits per heavy atom. The number of pyridine rings is 2. The van der Waals surface area contributed by atoms with E-state index in [9.17, 15) is 8.78 Å². The van der Waals surface area contributed by atoms with E-state index >= 15 is 0 Å². The van der Waals surface area contributed by atoms with E-state index in [2.05, 4.69) is 9.97 Å². The molecule has 82 valence electrons. The van der Waals surface area contributed by atoms with Crippen molar-refractivity contribution in [1.82, 2.24) is 9.97 Å². The van der Waals surface area contributed by atoms with Crippen molar-refractivity contribution in [2.45, 2.75) is 6.04 Å². The van der Waals surface area contributed by atoms with E-state index < -0.39 is 17.7 Å². The minimum atomic E-state index is -0.998. The zero-order valence-corrected chi connectivity index (χ0v) is 8.27. The Morgan fingerprint density at radius 2 is 1.38 bits per heavy atom. The van der Waals surface area contributed by atoms with E-state index in [0.29, 0.717) is 0 Å². The van der Waals surface area contributed by atoms with Crippen molar-refractivity contribution in [3.63, 3.8) is 0 Å². The molecule has 0 aliphatic rings. The van der Waals surface area contributed by atoms with Crippen LogP contribution in [0.4, 0.5) is 8.78 Å². The van der Waals surface area contributed by atoms with Gasteiger partial charge in [0.15, 0.2) is 0 Å². The van der Waals surface area contributed by atoms with Crippen molar-refractivity contribution < 1.29 is 8.78 Å². The van der Waals surface area contributed by atoms with Crippen LogP contribution >= 0.6 is 0 Å². The zero-order valence-electron chi connectivity index (χ0n) is 8.27. The van der Waals surface area contributed by atoms with Gasteiger partial charge in [-0.1, -0.05) is 0 Å². The summed E-state index contributed by atoms with van der Waals surface area (Å²) in [5.74, 6) is -1.14. The lowest BCUT2D eigenvalue weighted by molar-refractivity contribution is 0.555. The molecule has 0 radical (unpaired) electrons. The largest absolute Gasteiger partial charge is 0.318 e. The van der Waals surface area contributed by atoms with E-state index in [0.717, 1.165) is 0 Å². The molecule has 2 heterocycles. The van der Waals surface area contributed by atoms with Gasteiger partial charge in [0.05, 0.1) is 17.4 Å². The van der Waals surface area contributed by atoms with Crippen LogP contribution in [0.3, 0.4) is 0 Å². The maximum Gasteiger partial charge on any atom is 0.146 e. The maximum absolute atomic E-state index is 13.4. The Balaban J connectivity index is 2.44. The van der Waals surface area contributed by atoms with E-state index in [4.69, 9.17) is 5.73 Å². The molecule has 0 saturated heterocycles. The smallest absolute Gasteiger partial charge is 0.146 e. The van der Waals surface area contributed by atoms with Gasteiger partial charge in [-0.05, 0) is 24.3 Å². The Morgan fingerprint density at radius 1 is 0.938 bits per heavy atom. The normalized spacial score (nSPS) is 10.8. The lowest BCUT2D eigenvalue weighted by atomic mass is 10.1. The van der Waals surface area contributed by atoms with Crippen molar-refractivity contribution >= 4 is 0 Å². The van der Waals surface area contributed by atoms with Gasteiger partial charge in [0.25, 0.3) is 0 Å². The van der Waals surface area contributed by atoms with Crippen LogP contribution in [0.2, 0.25) is 0 Å². The summed E-state index contributed by atoms with van der Waals surface area (Å²) in [5, 5.41) is 0. The quantitative estimate of drug-likeness (QED) is 0.841. The van der Waals surface area contributed by atoms with Crippen LogP contribution in [0.5, 0.6) is 0 Å². The summed E-state index contributed by atoms with van der Waals surface area (Å²) in [6, 6.07) is 4.34. The molecule has 0 spiro atoms. The molecule has 2 aromatic heterocycles. The van der Waals surface area contributed by atoms with Gasteiger partial charge in [-0.2, -0.15) is 0 Å². The SMILES string of the molecule is NC(c1ncccc1F)c1ncccc1F. The number of aromatic nitrogens is 2. The molecule has 2 aromatic rings. The van der Waals surface area contributed by atoms with E-state index in [1.165, 1.54) is 36.7 Å². The summed E-state index contributed by atoms with van der Waals surface area (Å²) < 4.78 is 26.7. The van der Waals surface area contributed by atoms with Gasteiger partial charge in [0.2, 0.25) is 0 Å². The van der Waals surface area contributed by atoms with Crippen LogP contribution in [-0.2, 0) is 0 Å². The first-order valence-corrected chi connectivity index (χ1v) is 4.66. The summed E-state index contributed by atoms with van der Waals surface area (Å²) in [6.07, 6.45) is 2.80. The highest BCUT2D eigenvalue weighted by Gasteiger charge is 2.19. The second-order valence-electron chi connectivity index (χ2n) is 3.22. The summed E-state index contributed by atoms with van der Waals surface area (Å²) in [6.45, 7) is 0. The minimum Gasteiger partial charge on any atom is -0.318 e. The van der Waals surface area contributed by atoms with Gasteiger partial charge in [0, 0.05) is 12.4 Å². The second kappa shape index (κ2) is 4.32. The molecule has 0 amide bonds. The molecule has 3 nitrogen and oxygen atoms in total. The molecule has 0 saturated carbocycles. The number of nitrogens with zero attached hydrogens (tertiary/aromatic N) is 2. The molecule has 2 N–H and O–H groups in total. The maximum atomic E-state index is 13.4. The fourth-order valence-corrected chi connectivity index (χ4v) is 1.38. The predicted octanol–water partition coefficient (Wildman–Crippen LogP) is 1.80. The third-order valence-electron chi connectivity index (χ3n) is 2.16. The summed E-state index contributed by atoms with van der Waals surface area (Å²) >= 11 is 0. The van der Waals surface area contributed by atoms with Crippen LogP contribution < -0.4 is 5.73 Å². The Bertz CT molecular complexity index is 457. The van der Waals surface area contributed by atoms with Gasteiger partial charge in [0.1, 0.15) is 11.6 Å². The Hall–Kier alpha value is -1.88. The number of rotatable bonds is 2. The molecule has 0 bridgehead atoms. The molecule has 5 heteroatoms. The Labute approximate surface area is 91.0 Å². The Kier molecular flexibility index (Phi) is 2.87. The summed E-state index contributed by atoms with van der Waals surface area (Å²) in [4.78, 5) is 7.58. The highest BCUT2D eigenvalue weighted by molar-refractivity contribution is 5.23. The number of hydrogen-bond donors (Lipinski definition) is 1. The van der Waals surface area contributed by atoms with Gasteiger partial charge in [-0.25, -0.2) is 8.78 Å². The number of hydrogen-bond acceptors (Lipinski definition) is 3. The molecule has 2 rings (SSSR count). The lowest BCUT2D eigenvalue weighted by Gasteiger charge is -2.11. The molecule has 0 aliphatic carbocycles. The molecule has 16 heavy (non-hydrogen) atoms. The molecular weight excluding hydrogens is 212 g/mol. The van der Waals surface area contributed by atoms with Crippen molar-refractivity contribution in [2.24, 2.45) is 5.73 Å². The molecule has 0 aromatic carbocycles. The zero-order chi connectivity index (χ0) is 11.5. The van der Waals surface area contributed by atoms with Crippen LogP contribution in [0.15, 0.2) is 36.7 Å². The average molecular weight is 221 g/mol. The standard InChI is InChI=1S/C11H9F2N3/c12-7-3-1-5-15-10(7)9(14)11-8(13)4-2-6-16-11/h1-6,9H,14H2. The first kappa shape index (κ1) is 10.6. The first-order valence-electron chi connectivity index (χ1n) is 4.66. The van der Waals surface area contributed by atoms with Crippen molar-refractivity contribution in [3.05, 3.63) is 59.7 Å². The van der Waals surface area contributed by atoms with Gasteiger partial charge < -0.3 is 5.73 Å². The van der Waals surface area contributed by atoms with Gasteiger partial charge in [-0.15, -0.1) is 0 Å². The van der Waals surface area contributed by atoms with Crippen LogP contribution in [0.25, 0.3) is 0 Å². The highest BCUT2D eigenvalue weighted by Crippen LogP contribution is 2.20. The summed E-state index contributed by atoms with van der Waals surface area (Å²) in [7, 11) is 0. The first-order chi connectivity index (χ1) is 7.70. The van der Waals surface area contributed by atoms with E-state index in [1.807, 2.05) is 0 Å². The van der Waals surface area contributed by atoms with Crippen molar-refractivity contribution in [1.29, 1.82) is 0 Å². The van der Waals surface area contributed by atoms with Crippen molar-refractivity contribution in [3.8, 4) is 0 Å². The molecule has 0 atom stereocenters. The highest BCUT2D eigenvalue weighted by atomic mass is 19.1. The molecular formula is C11H9F2N3. The third-order valence-corrected chi connectivity index (χ3v) is 2.16. The number of nitrogens with two attached hydrogens (primary N) is 1. The topological polar surface area (TPSA) is 51.8 Å². The fourth-order valence-electron chi connectivity index (χ4n) is 1.38. The number of halogens is 2. The van der Waals surface area contributed by atoms with E-state index in [1.54, 1.807) is 0 Å².